The van der Waals surface area contributed by atoms with Crippen LogP contribution < -0.4 is 4.74 Å². The second kappa shape index (κ2) is 7.50. The summed E-state index contributed by atoms with van der Waals surface area (Å²) in [5.41, 5.74) is 1.17. The number of pyridine rings is 2. The van der Waals surface area contributed by atoms with Gasteiger partial charge in [0.15, 0.2) is 0 Å². The first-order valence-electron chi connectivity index (χ1n) is 9.12. The molecule has 0 saturated carbocycles. The minimum absolute atomic E-state index is 0.0444. The molecule has 4 heterocycles. The highest BCUT2D eigenvalue weighted by atomic mass is 16.5. The summed E-state index contributed by atoms with van der Waals surface area (Å²) in [5, 5.41) is 0. The van der Waals surface area contributed by atoms with Crippen LogP contribution in [0.4, 0.5) is 0 Å². The number of piperidine rings is 1. The zero-order valence-electron chi connectivity index (χ0n) is 14.5. The van der Waals surface area contributed by atoms with E-state index in [1.807, 2.05) is 30.5 Å². The van der Waals surface area contributed by atoms with Crippen LogP contribution in [0.2, 0.25) is 0 Å². The lowest BCUT2D eigenvalue weighted by Gasteiger charge is -2.50. The van der Waals surface area contributed by atoms with Gasteiger partial charge in [-0.15, -0.1) is 0 Å². The van der Waals surface area contributed by atoms with E-state index in [0.29, 0.717) is 12.5 Å². The van der Waals surface area contributed by atoms with Gasteiger partial charge in [0.2, 0.25) is 5.88 Å². The Balaban J connectivity index is 1.47. The summed E-state index contributed by atoms with van der Waals surface area (Å²) in [5.74, 6) is 0.697. The first-order chi connectivity index (χ1) is 12.3. The van der Waals surface area contributed by atoms with Gasteiger partial charge in [0.05, 0.1) is 18.4 Å². The van der Waals surface area contributed by atoms with E-state index in [1.165, 1.54) is 0 Å². The van der Waals surface area contributed by atoms with E-state index < -0.39 is 0 Å². The number of ether oxygens (including phenoxy) is 2. The van der Waals surface area contributed by atoms with Crippen molar-refractivity contribution in [2.75, 3.05) is 26.3 Å². The van der Waals surface area contributed by atoms with Gasteiger partial charge in [0, 0.05) is 50.1 Å². The van der Waals surface area contributed by atoms with Gasteiger partial charge in [0.25, 0.3) is 0 Å². The minimum atomic E-state index is 0.0444. The fourth-order valence-electron chi connectivity index (χ4n) is 4.10. The van der Waals surface area contributed by atoms with Gasteiger partial charge in [-0.2, -0.15) is 0 Å². The lowest BCUT2D eigenvalue weighted by Crippen LogP contribution is -2.57. The third-order valence-corrected chi connectivity index (χ3v) is 5.32. The Morgan fingerprint density at radius 2 is 2.04 bits per heavy atom. The lowest BCUT2D eigenvalue weighted by molar-refractivity contribution is -0.141. The maximum absolute atomic E-state index is 6.13. The molecule has 2 fully saturated rings. The van der Waals surface area contributed by atoms with Crippen molar-refractivity contribution in [2.45, 2.75) is 31.9 Å². The fraction of sp³-hybridized carbons (Fsp3) is 0.500. The molecule has 4 rings (SSSR count). The molecular formula is C20H25N3O2. The third-order valence-electron chi connectivity index (χ3n) is 5.32. The molecule has 0 N–H and O–H groups in total. The monoisotopic (exact) mass is 339 g/mol. The number of hydrogen-bond donors (Lipinski definition) is 0. The Kier molecular flexibility index (Phi) is 4.95. The molecule has 2 saturated heterocycles. The Labute approximate surface area is 149 Å². The number of nitrogens with zero attached hydrogens (tertiary/aromatic N) is 3. The highest BCUT2D eigenvalue weighted by Crippen LogP contribution is 2.40. The third kappa shape index (κ3) is 3.83. The number of aromatic nitrogens is 2. The summed E-state index contributed by atoms with van der Waals surface area (Å²) in [4.78, 5) is 11.3. The van der Waals surface area contributed by atoms with Crippen LogP contribution in [-0.4, -0.2) is 47.3 Å². The van der Waals surface area contributed by atoms with Crippen LogP contribution >= 0.6 is 0 Å². The molecule has 0 aliphatic carbocycles. The van der Waals surface area contributed by atoms with Crippen molar-refractivity contribution in [3.05, 3.63) is 54.5 Å². The molecule has 2 aromatic heterocycles. The Hall–Kier alpha value is -1.98. The van der Waals surface area contributed by atoms with Gasteiger partial charge in [-0.1, -0.05) is 12.1 Å². The van der Waals surface area contributed by atoms with Crippen LogP contribution in [0.3, 0.4) is 0 Å². The number of fused-ring (bicyclic) bond motifs is 1. The van der Waals surface area contributed by atoms with Crippen molar-refractivity contribution in [3.8, 4) is 5.88 Å². The van der Waals surface area contributed by atoms with E-state index in [1.54, 1.807) is 6.20 Å². The average molecular weight is 339 g/mol. The molecule has 0 aromatic carbocycles. The van der Waals surface area contributed by atoms with Gasteiger partial charge in [-0.25, -0.2) is 4.98 Å². The van der Waals surface area contributed by atoms with Crippen LogP contribution in [0, 0.1) is 5.41 Å². The summed E-state index contributed by atoms with van der Waals surface area (Å²) >= 11 is 0. The van der Waals surface area contributed by atoms with Crippen molar-refractivity contribution in [1.29, 1.82) is 0 Å². The van der Waals surface area contributed by atoms with Crippen LogP contribution in [0.15, 0.2) is 48.8 Å². The zero-order valence-corrected chi connectivity index (χ0v) is 14.5. The van der Waals surface area contributed by atoms with Crippen molar-refractivity contribution in [2.24, 2.45) is 5.41 Å². The molecule has 2 atom stereocenters. The first kappa shape index (κ1) is 16.5. The van der Waals surface area contributed by atoms with Crippen LogP contribution in [0.5, 0.6) is 5.88 Å². The van der Waals surface area contributed by atoms with E-state index in [2.05, 4.69) is 27.0 Å². The summed E-state index contributed by atoms with van der Waals surface area (Å²) in [7, 11) is 0. The molecule has 25 heavy (non-hydrogen) atoms. The Morgan fingerprint density at radius 3 is 2.84 bits per heavy atom. The molecule has 2 aliphatic heterocycles. The quantitative estimate of drug-likeness (QED) is 0.838. The summed E-state index contributed by atoms with van der Waals surface area (Å²) in [6.45, 7) is 4.45. The van der Waals surface area contributed by atoms with E-state index in [-0.39, 0.29) is 11.5 Å². The predicted octanol–water partition coefficient (Wildman–Crippen LogP) is 2.93. The second-order valence-electron chi connectivity index (χ2n) is 7.10. The van der Waals surface area contributed by atoms with Crippen molar-refractivity contribution in [3.63, 3.8) is 0 Å². The normalized spacial score (nSPS) is 26.8. The van der Waals surface area contributed by atoms with E-state index in [0.717, 1.165) is 51.2 Å². The van der Waals surface area contributed by atoms with Gasteiger partial charge in [0.1, 0.15) is 0 Å². The molecule has 0 bridgehead atoms. The SMILES string of the molecule is c1ccc(CN2CC[C@@H]3OCCC[C@]3(COc3ccccn3)C2)nc1. The molecule has 0 unspecified atom stereocenters. The minimum Gasteiger partial charge on any atom is -0.477 e. The van der Waals surface area contributed by atoms with Crippen molar-refractivity contribution >= 4 is 0 Å². The molecule has 0 radical (unpaired) electrons. The van der Waals surface area contributed by atoms with Gasteiger partial charge in [-0.05, 0) is 37.5 Å². The number of hydrogen-bond acceptors (Lipinski definition) is 5. The zero-order chi connectivity index (χ0) is 17.0. The highest BCUT2D eigenvalue weighted by Gasteiger charge is 2.46. The van der Waals surface area contributed by atoms with E-state index in [4.69, 9.17) is 9.47 Å². The van der Waals surface area contributed by atoms with E-state index >= 15 is 0 Å². The van der Waals surface area contributed by atoms with Crippen LogP contribution in [-0.2, 0) is 11.3 Å². The molecule has 2 aliphatic rings. The topological polar surface area (TPSA) is 47.5 Å². The second-order valence-corrected chi connectivity index (χ2v) is 7.10. The molecule has 5 heteroatoms. The molecular weight excluding hydrogens is 314 g/mol. The van der Waals surface area contributed by atoms with Gasteiger partial charge in [-0.3, -0.25) is 9.88 Å². The largest absolute Gasteiger partial charge is 0.477 e. The van der Waals surface area contributed by atoms with Gasteiger partial charge >= 0.3 is 0 Å². The number of likely N-dealkylation sites (tertiary alicyclic amines) is 1. The average Bonchev–Trinajstić information content (AvgIpc) is 2.68. The molecule has 5 nitrogen and oxygen atoms in total. The van der Waals surface area contributed by atoms with Crippen LogP contribution in [0.25, 0.3) is 0 Å². The predicted molar refractivity (Wildman–Crippen MR) is 95.3 cm³/mol. The molecule has 132 valence electrons. The summed E-state index contributed by atoms with van der Waals surface area (Å²) in [6, 6.07) is 11.9. The summed E-state index contributed by atoms with van der Waals surface area (Å²) in [6.07, 6.45) is 7.22. The lowest BCUT2D eigenvalue weighted by atomic mass is 9.73. The smallest absolute Gasteiger partial charge is 0.213 e. The molecule has 0 spiro atoms. The van der Waals surface area contributed by atoms with Crippen LogP contribution in [0.1, 0.15) is 25.0 Å². The van der Waals surface area contributed by atoms with E-state index in [9.17, 15) is 0 Å². The fourth-order valence-corrected chi connectivity index (χ4v) is 4.10. The highest BCUT2D eigenvalue weighted by molar-refractivity contribution is 5.10. The first-order valence-corrected chi connectivity index (χ1v) is 9.12. The van der Waals surface area contributed by atoms with Gasteiger partial charge < -0.3 is 9.47 Å². The number of rotatable bonds is 5. The Morgan fingerprint density at radius 1 is 1.16 bits per heavy atom. The standard InChI is InChI=1S/C20H25N3O2/c1-3-10-21-17(6-1)14-23-12-8-18-20(15-23,9-5-13-24-18)16-25-19-7-2-4-11-22-19/h1-4,6-7,10-11,18H,5,8-9,12-16H2/t18-,20+/m0/s1. The maximum atomic E-state index is 6.13. The molecule has 2 aromatic rings. The Bertz CT molecular complexity index is 667. The van der Waals surface area contributed by atoms with Crippen molar-refractivity contribution < 1.29 is 9.47 Å². The van der Waals surface area contributed by atoms with Crippen molar-refractivity contribution in [1.82, 2.24) is 14.9 Å². The molecule has 0 amide bonds. The summed E-state index contributed by atoms with van der Waals surface area (Å²) < 4.78 is 12.2. The maximum Gasteiger partial charge on any atom is 0.213 e.